The zero-order chi connectivity index (χ0) is 13.8. The highest BCUT2D eigenvalue weighted by atomic mass is 16.5. The van der Waals surface area contributed by atoms with Crippen LogP contribution in [0.4, 0.5) is 0 Å². The maximum Gasteiger partial charge on any atom is 0.0615 e. The molecule has 0 radical (unpaired) electrons. The highest BCUT2D eigenvalue weighted by Crippen LogP contribution is 2.22. The van der Waals surface area contributed by atoms with E-state index in [-0.39, 0.29) is 12.1 Å². The minimum atomic E-state index is -0.213. The van der Waals surface area contributed by atoms with Gasteiger partial charge >= 0.3 is 0 Å². The molecule has 106 valence electrons. The Hall–Kier alpha value is -1.49. The summed E-state index contributed by atoms with van der Waals surface area (Å²) in [6, 6.07) is 8.25. The lowest BCUT2D eigenvalue weighted by Crippen LogP contribution is -2.51. The molecule has 1 saturated heterocycles. The second-order valence-corrected chi connectivity index (χ2v) is 5.42. The molecule has 0 aliphatic carbocycles. The number of aromatic nitrogens is 1. The number of fused-ring (bicyclic) bond motifs is 1. The summed E-state index contributed by atoms with van der Waals surface area (Å²) in [5, 5.41) is 15.6. The summed E-state index contributed by atoms with van der Waals surface area (Å²) in [5.74, 6) is 0. The minimum Gasteiger partial charge on any atom is -0.394 e. The fraction of sp³-hybridized carbons (Fsp3) is 0.438. The van der Waals surface area contributed by atoms with Crippen molar-refractivity contribution in [2.45, 2.75) is 24.9 Å². The van der Waals surface area contributed by atoms with Crippen molar-refractivity contribution in [3.8, 4) is 0 Å². The van der Waals surface area contributed by atoms with Crippen molar-refractivity contribution in [2.24, 2.45) is 0 Å². The molecule has 0 atom stereocenters. The second kappa shape index (κ2) is 5.87. The van der Waals surface area contributed by atoms with Crippen LogP contribution in [0, 0.1) is 0 Å². The molecule has 1 fully saturated rings. The lowest BCUT2D eigenvalue weighted by Gasteiger charge is -2.36. The molecular weight excluding hydrogens is 252 g/mol. The summed E-state index contributed by atoms with van der Waals surface area (Å²) in [7, 11) is 0. The average molecular weight is 272 g/mol. The molecule has 2 heterocycles. The van der Waals surface area contributed by atoms with E-state index in [4.69, 9.17) is 4.74 Å². The van der Waals surface area contributed by atoms with Gasteiger partial charge in [-0.2, -0.15) is 0 Å². The number of pyridine rings is 1. The molecule has 4 heteroatoms. The molecule has 1 aliphatic rings. The van der Waals surface area contributed by atoms with Crippen molar-refractivity contribution in [3.05, 3.63) is 42.2 Å². The van der Waals surface area contributed by atoms with Gasteiger partial charge in [0.15, 0.2) is 0 Å². The van der Waals surface area contributed by atoms with Gasteiger partial charge in [-0.25, -0.2) is 0 Å². The Bertz CT molecular complexity index is 574. The Kier molecular flexibility index (Phi) is 3.96. The van der Waals surface area contributed by atoms with Crippen LogP contribution >= 0.6 is 0 Å². The first kappa shape index (κ1) is 13.5. The van der Waals surface area contributed by atoms with Gasteiger partial charge in [-0.05, 0) is 23.8 Å². The third kappa shape index (κ3) is 2.68. The largest absolute Gasteiger partial charge is 0.394 e. The van der Waals surface area contributed by atoms with Crippen LogP contribution in [0.1, 0.15) is 18.4 Å². The molecule has 0 amide bonds. The van der Waals surface area contributed by atoms with Gasteiger partial charge in [-0.15, -0.1) is 0 Å². The molecule has 3 rings (SSSR count). The number of hydrogen-bond donors (Lipinski definition) is 2. The standard InChI is InChI=1S/C16H20N2O2/c19-12-16(5-7-20-8-6-16)18-11-14-10-17-9-13-3-1-2-4-15(13)14/h1-4,9-10,18-19H,5-8,11-12H2. The highest BCUT2D eigenvalue weighted by Gasteiger charge is 2.31. The van der Waals surface area contributed by atoms with Gasteiger partial charge < -0.3 is 15.2 Å². The number of aliphatic hydroxyl groups is 1. The molecule has 0 bridgehead atoms. The number of ether oxygens (including phenoxy) is 1. The summed E-state index contributed by atoms with van der Waals surface area (Å²) in [6.07, 6.45) is 5.48. The maximum atomic E-state index is 9.70. The zero-order valence-electron chi connectivity index (χ0n) is 11.5. The molecule has 20 heavy (non-hydrogen) atoms. The van der Waals surface area contributed by atoms with Gasteiger partial charge in [-0.3, -0.25) is 4.98 Å². The molecule has 0 saturated carbocycles. The van der Waals surface area contributed by atoms with Gasteiger partial charge in [0.05, 0.1) is 6.61 Å². The van der Waals surface area contributed by atoms with E-state index in [9.17, 15) is 5.11 Å². The quantitative estimate of drug-likeness (QED) is 0.892. The van der Waals surface area contributed by atoms with Gasteiger partial charge in [0.25, 0.3) is 0 Å². The summed E-state index contributed by atoms with van der Waals surface area (Å²) >= 11 is 0. The van der Waals surface area contributed by atoms with Gasteiger partial charge in [0.2, 0.25) is 0 Å². The van der Waals surface area contributed by atoms with Crippen LogP contribution in [0.2, 0.25) is 0 Å². The molecule has 4 nitrogen and oxygen atoms in total. The smallest absolute Gasteiger partial charge is 0.0615 e. The van der Waals surface area contributed by atoms with E-state index in [2.05, 4.69) is 22.4 Å². The van der Waals surface area contributed by atoms with Crippen LogP contribution in [0.25, 0.3) is 10.8 Å². The monoisotopic (exact) mass is 272 g/mol. The summed E-state index contributed by atoms with van der Waals surface area (Å²) in [6.45, 7) is 2.28. The van der Waals surface area contributed by atoms with Crippen LogP contribution in [0.5, 0.6) is 0 Å². The van der Waals surface area contributed by atoms with E-state index < -0.39 is 0 Å². The van der Waals surface area contributed by atoms with Crippen molar-refractivity contribution in [3.63, 3.8) is 0 Å². The summed E-state index contributed by atoms with van der Waals surface area (Å²) in [5.41, 5.74) is 0.956. The molecule has 0 spiro atoms. The van der Waals surface area contributed by atoms with E-state index >= 15 is 0 Å². The third-order valence-electron chi connectivity index (χ3n) is 4.16. The van der Waals surface area contributed by atoms with Gasteiger partial charge in [0, 0.05) is 43.1 Å². The molecule has 1 aliphatic heterocycles. The molecule has 2 N–H and O–H groups in total. The lowest BCUT2D eigenvalue weighted by atomic mass is 9.90. The van der Waals surface area contributed by atoms with Crippen molar-refractivity contribution in [2.75, 3.05) is 19.8 Å². The van der Waals surface area contributed by atoms with Crippen LogP contribution in [0.15, 0.2) is 36.7 Å². The first-order valence-corrected chi connectivity index (χ1v) is 7.08. The predicted octanol–water partition coefficient (Wildman–Crippen LogP) is 1.87. The topological polar surface area (TPSA) is 54.4 Å². The fourth-order valence-electron chi connectivity index (χ4n) is 2.76. The first-order chi connectivity index (χ1) is 9.83. The van der Waals surface area contributed by atoms with E-state index in [1.165, 1.54) is 10.9 Å². The number of aliphatic hydroxyl groups excluding tert-OH is 1. The van der Waals surface area contributed by atoms with Crippen LogP contribution in [0.3, 0.4) is 0 Å². The van der Waals surface area contributed by atoms with Crippen molar-refractivity contribution < 1.29 is 9.84 Å². The van der Waals surface area contributed by atoms with Crippen LogP contribution in [-0.4, -0.2) is 35.5 Å². The number of rotatable bonds is 4. The van der Waals surface area contributed by atoms with E-state index in [1.54, 1.807) is 0 Å². The van der Waals surface area contributed by atoms with Crippen LogP contribution in [-0.2, 0) is 11.3 Å². The normalized spacial score (nSPS) is 18.2. The molecule has 2 aromatic rings. The summed E-state index contributed by atoms with van der Waals surface area (Å²) in [4.78, 5) is 4.30. The lowest BCUT2D eigenvalue weighted by molar-refractivity contribution is 0.0112. The zero-order valence-corrected chi connectivity index (χ0v) is 11.5. The molecule has 1 aromatic carbocycles. The second-order valence-electron chi connectivity index (χ2n) is 5.42. The van der Waals surface area contributed by atoms with Crippen molar-refractivity contribution in [1.29, 1.82) is 0 Å². The SMILES string of the molecule is OCC1(NCc2cncc3ccccc23)CCOCC1. The van der Waals surface area contributed by atoms with E-state index in [0.29, 0.717) is 13.2 Å². The Morgan fingerprint density at radius 2 is 2.00 bits per heavy atom. The van der Waals surface area contributed by atoms with Gasteiger partial charge in [0.1, 0.15) is 0 Å². The number of benzene rings is 1. The highest BCUT2D eigenvalue weighted by molar-refractivity contribution is 5.84. The predicted molar refractivity (Wildman–Crippen MR) is 78.5 cm³/mol. The molecule has 0 unspecified atom stereocenters. The Balaban J connectivity index is 1.79. The van der Waals surface area contributed by atoms with Crippen LogP contribution < -0.4 is 5.32 Å². The Morgan fingerprint density at radius 1 is 1.20 bits per heavy atom. The number of nitrogens with one attached hydrogen (secondary N) is 1. The van der Waals surface area contributed by atoms with Crippen molar-refractivity contribution in [1.82, 2.24) is 10.3 Å². The Morgan fingerprint density at radius 3 is 2.80 bits per heavy atom. The van der Waals surface area contributed by atoms with Crippen molar-refractivity contribution >= 4 is 10.8 Å². The molecular formula is C16H20N2O2. The maximum absolute atomic E-state index is 9.70. The minimum absolute atomic E-state index is 0.147. The first-order valence-electron chi connectivity index (χ1n) is 7.08. The Labute approximate surface area is 118 Å². The fourth-order valence-corrected chi connectivity index (χ4v) is 2.76. The summed E-state index contributed by atoms with van der Waals surface area (Å²) < 4.78 is 5.39. The third-order valence-corrected chi connectivity index (χ3v) is 4.16. The number of nitrogens with zero attached hydrogens (tertiary/aromatic N) is 1. The van der Waals surface area contributed by atoms with E-state index in [0.717, 1.165) is 24.8 Å². The van der Waals surface area contributed by atoms with Gasteiger partial charge in [-0.1, -0.05) is 24.3 Å². The van der Waals surface area contributed by atoms with E-state index in [1.807, 2.05) is 24.5 Å². The number of hydrogen-bond acceptors (Lipinski definition) is 4. The average Bonchev–Trinajstić information content (AvgIpc) is 2.54. The molecule has 1 aromatic heterocycles.